The van der Waals surface area contributed by atoms with Crippen molar-refractivity contribution in [1.29, 1.82) is 0 Å². The Morgan fingerprint density at radius 2 is 1.17 bits per heavy atom. The molecule has 1 aromatic rings. The molecule has 0 fully saturated rings. The Hall–Kier alpha value is 0.232. The van der Waals surface area contributed by atoms with Crippen LogP contribution in [0.15, 0.2) is 29.2 Å². The van der Waals surface area contributed by atoms with Crippen LogP contribution in [0.1, 0.15) is 85.6 Å². The van der Waals surface area contributed by atoms with Gasteiger partial charge in [-0.25, -0.2) is 0 Å². The second-order valence-corrected chi connectivity index (χ2v) is 33.0. The fourth-order valence-corrected chi connectivity index (χ4v) is 36.1. The van der Waals surface area contributed by atoms with Gasteiger partial charge in [0.25, 0.3) is 0 Å². The molecule has 0 N–H and O–H groups in total. The molecule has 0 saturated carbocycles. The number of halogens is 1. The fourth-order valence-electron chi connectivity index (χ4n) is 4.86. The van der Waals surface area contributed by atoms with Gasteiger partial charge in [0.2, 0.25) is 0 Å². The van der Waals surface area contributed by atoms with Crippen molar-refractivity contribution >= 4 is 35.2 Å². The van der Waals surface area contributed by atoms with Gasteiger partial charge in [0.05, 0.1) is 0 Å². The molecule has 166 valence electrons. The zero-order valence-electron chi connectivity index (χ0n) is 20.2. The van der Waals surface area contributed by atoms with E-state index in [9.17, 15) is 4.39 Å². The van der Waals surface area contributed by atoms with E-state index in [2.05, 4.69) is 58.6 Å². The topological polar surface area (TPSA) is 0 Å². The first kappa shape index (κ1) is 27.3. The normalized spacial score (nSPS) is 13.1. The van der Waals surface area contributed by atoms with Crippen LogP contribution in [0.5, 0.6) is 0 Å². The Labute approximate surface area is 188 Å². The Morgan fingerprint density at radius 1 is 0.759 bits per heavy atom. The van der Waals surface area contributed by atoms with E-state index in [0.29, 0.717) is 0 Å². The molecular formula is C26H47FGeSn. The Bertz CT molecular complexity index is 559. The van der Waals surface area contributed by atoms with Crippen LogP contribution >= 0.6 is 0 Å². The molecule has 0 aliphatic heterocycles. The van der Waals surface area contributed by atoms with Crippen molar-refractivity contribution < 1.29 is 4.39 Å². The maximum atomic E-state index is 13.8. The van der Waals surface area contributed by atoms with E-state index in [1.807, 2.05) is 0 Å². The monoisotopic (exact) mass is 572 g/mol. The van der Waals surface area contributed by atoms with Crippen LogP contribution < -0.4 is 0 Å². The molecular weight excluding hydrogens is 523 g/mol. The van der Waals surface area contributed by atoms with E-state index in [0.717, 1.165) is 0 Å². The molecule has 0 radical (unpaired) electrons. The third-order valence-electron chi connectivity index (χ3n) is 7.32. The molecule has 0 spiro atoms. The van der Waals surface area contributed by atoms with Gasteiger partial charge in [0, 0.05) is 0 Å². The Kier molecular flexibility index (Phi) is 13.5. The molecule has 0 unspecified atom stereocenters. The van der Waals surface area contributed by atoms with E-state index in [1.165, 1.54) is 73.2 Å². The average molecular weight is 570 g/mol. The van der Waals surface area contributed by atoms with Crippen LogP contribution in [0.25, 0.3) is 3.59 Å². The summed E-state index contributed by atoms with van der Waals surface area (Å²) in [7, 11) is 0. The Balaban J connectivity index is 3.68. The third-order valence-corrected chi connectivity index (χ3v) is 35.5. The van der Waals surface area contributed by atoms with E-state index in [-0.39, 0.29) is 5.82 Å². The van der Waals surface area contributed by atoms with Crippen LogP contribution in [0, 0.1) is 5.82 Å². The van der Waals surface area contributed by atoms with Crippen molar-refractivity contribution in [3.05, 3.63) is 40.6 Å². The molecule has 0 atom stereocenters. The van der Waals surface area contributed by atoms with E-state index >= 15 is 0 Å². The van der Waals surface area contributed by atoms with Gasteiger partial charge in [-0.05, 0) is 0 Å². The van der Waals surface area contributed by atoms with Crippen LogP contribution in [-0.4, -0.2) is 31.6 Å². The molecule has 3 heteroatoms. The van der Waals surface area contributed by atoms with Crippen LogP contribution in [-0.2, 0) is 0 Å². The average Bonchev–Trinajstić information content (AvgIpc) is 2.76. The summed E-state index contributed by atoms with van der Waals surface area (Å²) in [6, 6.07) is 7.64. The third kappa shape index (κ3) is 8.01. The molecule has 0 aliphatic rings. The van der Waals surface area contributed by atoms with Crippen molar-refractivity contribution in [1.82, 2.24) is 0 Å². The molecule has 29 heavy (non-hydrogen) atoms. The van der Waals surface area contributed by atoms with Gasteiger partial charge in [-0.2, -0.15) is 0 Å². The van der Waals surface area contributed by atoms with Crippen molar-refractivity contribution in [2.45, 2.75) is 109 Å². The summed E-state index contributed by atoms with van der Waals surface area (Å²) in [5.41, 5.74) is 1.39. The molecule has 0 heterocycles. The summed E-state index contributed by atoms with van der Waals surface area (Å²) in [6.07, 6.45) is 8.05. The molecule has 0 bridgehead atoms. The molecule has 0 aromatic heterocycles. The first-order chi connectivity index (χ1) is 14.0. The number of hydrogen-bond donors (Lipinski definition) is 0. The quantitative estimate of drug-likeness (QED) is 0.184. The molecule has 0 amide bonds. The molecule has 1 rings (SSSR count). The maximum absolute atomic E-state index is 13.8. The number of hydrogen-bond acceptors (Lipinski definition) is 0. The predicted molar refractivity (Wildman–Crippen MR) is 136 cm³/mol. The van der Waals surface area contributed by atoms with Crippen LogP contribution in [0.4, 0.5) is 4.39 Å². The van der Waals surface area contributed by atoms with Gasteiger partial charge >= 0.3 is 189 Å². The van der Waals surface area contributed by atoms with Crippen molar-refractivity contribution in [3.63, 3.8) is 0 Å². The summed E-state index contributed by atoms with van der Waals surface area (Å²) in [5, 5.41) is 4.15. The van der Waals surface area contributed by atoms with Crippen molar-refractivity contribution in [2.75, 3.05) is 0 Å². The zero-order chi connectivity index (χ0) is 21.8. The van der Waals surface area contributed by atoms with E-state index < -0.39 is 31.6 Å². The van der Waals surface area contributed by atoms with Gasteiger partial charge in [-0.1, -0.05) is 0 Å². The van der Waals surface area contributed by atoms with Gasteiger partial charge in [0.15, 0.2) is 0 Å². The fraction of sp³-hybridized carbons (Fsp3) is 0.692. The standard InChI is InChI=1S/C14H20FGe.3C4H9.Sn/c1-4-16(5-2,6-3)12-11-13-7-9-14(15)10-8-13;3*1-3-4-2;/h7-10,12H,4-6H2,1-3H3;3*1,3-4H2,2H3;. The summed E-state index contributed by atoms with van der Waals surface area (Å²) in [6.45, 7) is 14.4. The summed E-state index contributed by atoms with van der Waals surface area (Å²) >= 11 is -4.58. The number of unbranched alkanes of at least 4 members (excludes halogenated alkanes) is 3. The van der Waals surface area contributed by atoms with Crippen molar-refractivity contribution in [2.24, 2.45) is 0 Å². The summed E-state index contributed by atoms with van der Waals surface area (Å²) < 4.78 is 20.1. The number of benzene rings is 1. The molecule has 1 aromatic carbocycles. The Morgan fingerprint density at radius 3 is 1.52 bits per heavy atom. The first-order valence-electron chi connectivity index (χ1n) is 12.5. The first-order valence-corrected chi connectivity index (χ1v) is 25.6. The summed E-state index contributed by atoms with van der Waals surface area (Å²) in [4.78, 5) is 2.92. The predicted octanol–water partition coefficient (Wildman–Crippen LogP) is 9.65. The van der Waals surface area contributed by atoms with E-state index in [4.69, 9.17) is 0 Å². The molecule has 0 aliphatic carbocycles. The van der Waals surface area contributed by atoms with Gasteiger partial charge < -0.3 is 0 Å². The zero-order valence-corrected chi connectivity index (χ0v) is 25.2. The minimum atomic E-state index is -2.58. The second-order valence-electron chi connectivity index (χ2n) is 9.08. The van der Waals surface area contributed by atoms with Gasteiger partial charge in [-0.15, -0.1) is 0 Å². The second kappa shape index (κ2) is 14.3. The SMILES string of the molecule is CCC[CH2][Sn]([CH2]CCC)([CH2]CCC)/[C](=[CH]/[Ge]([CH2]C)([CH2]C)[CH2]C)c1ccc(F)cc1. The van der Waals surface area contributed by atoms with Gasteiger partial charge in [-0.3, -0.25) is 0 Å². The van der Waals surface area contributed by atoms with Crippen LogP contribution in [0.3, 0.4) is 0 Å². The number of rotatable bonds is 15. The molecule has 0 nitrogen and oxygen atoms in total. The summed E-state index contributed by atoms with van der Waals surface area (Å²) in [5.74, 6) is -0.0983. The van der Waals surface area contributed by atoms with Crippen molar-refractivity contribution in [3.8, 4) is 0 Å². The van der Waals surface area contributed by atoms with E-state index in [1.54, 1.807) is 15.7 Å². The van der Waals surface area contributed by atoms with Gasteiger partial charge in [0.1, 0.15) is 0 Å². The molecule has 0 saturated heterocycles. The minimum absolute atomic E-state index is 0.0983. The van der Waals surface area contributed by atoms with Crippen LogP contribution in [0.2, 0.25) is 29.1 Å².